The summed E-state index contributed by atoms with van der Waals surface area (Å²) in [4.78, 5) is 1.93. The van der Waals surface area contributed by atoms with Gasteiger partial charge in [0.2, 0.25) is 0 Å². The molecule has 0 atom stereocenters. The highest BCUT2D eigenvalue weighted by Gasteiger charge is 2.32. The Bertz CT molecular complexity index is 1000. The van der Waals surface area contributed by atoms with Crippen molar-refractivity contribution in [2.45, 2.75) is 19.3 Å². The predicted molar refractivity (Wildman–Crippen MR) is 98.9 cm³/mol. The molecule has 5 heteroatoms. The van der Waals surface area contributed by atoms with Crippen LogP contribution in [0.15, 0.2) is 48.5 Å². The summed E-state index contributed by atoms with van der Waals surface area (Å²) in [6.45, 7) is 0. The maximum atomic E-state index is 12.3. The molecule has 0 saturated carbocycles. The molecule has 1 aliphatic rings. The van der Waals surface area contributed by atoms with E-state index in [1.807, 2.05) is 30.3 Å². The maximum absolute atomic E-state index is 12.3. The van der Waals surface area contributed by atoms with Gasteiger partial charge in [-0.3, -0.25) is 0 Å². The minimum absolute atomic E-state index is 0.257. The molecule has 24 heavy (non-hydrogen) atoms. The zero-order valence-corrected chi connectivity index (χ0v) is 14.7. The van der Waals surface area contributed by atoms with Crippen LogP contribution in [0, 0.1) is 5.25 Å². The van der Waals surface area contributed by atoms with E-state index < -0.39 is 9.84 Å². The Labute approximate surface area is 145 Å². The molecular formula is C19H17O3S2. The van der Waals surface area contributed by atoms with E-state index in [0.717, 1.165) is 38.9 Å². The van der Waals surface area contributed by atoms with Crippen LogP contribution in [0.1, 0.15) is 24.1 Å². The predicted octanol–water partition coefficient (Wildman–Crippen LogP) is 4.75. The lowest BCUT2D eigenvalue weighted by molar-refractivity contribution is 0.476. The van der Waals surface area contributed by atoms with Gasteiger partial charge in [0.25, 0.3) is 0 Å². The molecule has 2 heterocycles. The number of thiophene rings is 1. The average molecular weight is 357 g/mol. The van der Waals surface area contributed by atoms with Crippen molar-refractivity contribution in [2.24, 2.45) is 0 Å². The Hall–Kier alpha value is -1.85. The van der Waals surface area contributed by atoms with Gasteiger partial charge in [-0.1, -0.05) is 24.6 Å². The van der Waals surface area contributed by atoms with E-state index in [1.165, 1.54) is 0 Å². The van der Waals surface area contributed by atoms with Crippen LogP contribution in [0.5, 0.6) is 5.75 Å². The highest BCUT2D eigenvalue weighted by molar-refractivity contribution is 7.94. The Morgan fingerprint density at radius 3 is 2.46 bits per heavy atom. The van der Waals surface area contributed by atoms with Gasteiger partial charge in [0, 0.05) is 9.75 Å². The van der Waals surface area contributed by atoms with Crippen molar-refractivity contribution in [2.75, 3.05) is 5.75 Å². The van der Waals surface area contributed by atoms with Gasteiger partial charge in [0.1, 0.15) is 11.0 Å². The van der Waals surface area contributed by atoms with Gasteiger partial charge in [-0.2, -0.15) is 0 Å². The summed E-state index contributed by atoms with van der Waals surface area (Å²) in [6, 6.07) is 15.3. The smallest absolute Gasteiger partial charge is 0.162 e. The molecular weight excluding hydrogens is 340 g/mol. The first kappa shape index (κ1) is 15.7. The van der Waals surface area contributed by atoms with E-state index in [-0.39, 0.29) is 11.5 Å². The lowest BCUT2D eigenvalue weighted by Gasteiger charge is -2.19. The molecule has 1 N–H and O–H groups in total. The minimum atomic E-state index is -3.09. The van der Waals surface area contributed by atoms with Crippen molar-refractivity contribution >= 4 is 31.9 Å². The third kappa shape index (κ3) is 2.82. The van der Waals surface area contributed by atoms with Gasteiger partial charge < -0.3 is 5.11 Å². The number of rotatable bonds is 2. The van der Waals surface area contributed by atoms with Crippen LogP contribution >= 0.6 is 11.3 Å². The number of fused-ring (bicyclic) bond motifs is 1. The molecule has 0 bridgehead atoms. The number of phenols is 1. The third-order valence-corrected chi connectivity index (χ3v) is 7.76. The minimum Gasteiger partial charge on any atom is -0.508 e. The normalized spacial score (nSPS) is 18.0. The fourth-order valence-corrected chi connectivity index (χ4v) is 6.30. The van der Waals surface area contributed by atoms with Crippen molar-refractivity contribution in [3.05, 3.63) is 58.7 Å². The number of hydrogen-bond donors (Lipinski definition) is 1. The molecule has 0 unspecified atom stereocenters. The molecule has 0 spiro atoms. The van der Waals surface area contributed by atoms with E-state index >= 15 is 0 Å². The fourth-order valence-electron chi connectivity index (χ4n) is 3.16. The number of phenolic OH excluding ortho intramolecular Hbond substituents is 1. The topological polar surface area (TPSA) is 54.4 Å². The fraction of sp³-hybridized carbons (Fsp3) is 0.211. The largest absolute Gasteiger partial charge is 0.508 e. The summed E-state index contributed by atoms with van der Waals surface area (Å²) in [5.74, 6) is 0.530. The first-order valence-electron chi connectivity index (χ1n) is 7.95. The second-order valence-corrected chi connectivity index (χ2v) is 9.32. The Kier molecular flexibility index (Phi) is 3.85. The van der Waals surface area contributed by atoms with Crippen LogP contribution in [-0.4, -0.2) is 19.3 Å². The van der Waals surface area contributed by atoms with Crippen molar-refractivity contribution in [1.82, 2.24) is 0 Å². The standard InChI is InChI=1S/C19H17O3S2/c20-16-7-6-13-11-15(5-4-14(13)12-16)17-8-9-18(23-17)19-3-1-2-10-24(19,21)22/h4-9,11-12,20H,1-3,10H2. The van der Waals surface area contributed by atoms with Crippen molar-refractivity contribution in [3.63, 3.8) is 0 Å². The Morgan fingerprint density at radius 1 is 0.875 bits per heavy atom. The molecule has 1 aliphatic heterocycles. The van der Waals surface area contributed by atoms with E-state index in [4.69, 9.17) is 0 Å². The summed E-state index contributed by atoms with van der Waals surface area (Å²) in [6.07, 6.45) is 2.36. The summed E-state index contributed by atoms with van der Waals surface area (Å²) < 4.78 is 24.6. The molecule has 1 aromatic heterocycles. The van der Waals surface area contributed by atoms with Crippen LogP contribution in [0.3, 0.4) is 0 Å². The highest BCUT2D eigenvalue weighted by atomic mass is 32.2. The summed E-state index contributed by atoms with van der Waals surface area (Å²) in [5, 5.41) is 12.2. The average Bonchev–Trinajstić information content (AvgIpc) is 3.03. The van der Waals surface area contributed by atoms with Gasteiger partial charge in [-0.05, 0) is 59.5 Å². The summed E-state index contributed by atoms with van der Waals surface area (Å²) >= 11 is 1.54. The van der Waals surface area contributed by atoms with Crippen LogP contribution in [0.25, 0.3) is 21.2 Å². The second-order valence-electron chi connectivity index (χ2n) is 6.11. The molecule has 0 amide bonds. The molecule has 2 aromatic carbocycles. The molecule has 4 rings (SSSR count). The highest BCUT2D eigenvalue weighted by Crippen LogP contribution is 2.39. The maximum Gasteiger partial charge on any atom is 0.162 e. The summed E-state index contributed by atoms with van der Waals surface area (Å²) in [7, 11) is -3.09. The second kappa shape index (κ2) is 5.90. The van der Waals surface area contributed by atoms with Crippen LogP contribution in [-0.2, 0) is 9.84 Å². The van der Waals surface area contributed by atoms with Crippen molar-refractivity contribution < 1.29 is 13.5 Å². The first-order chi connectivity index (χ1) is 11.5. The van der Waals surface area contributed by atoms with E-state index in [0.29, 0.717) is 11.7 Å². The van der Waals surface area contributed by atoms with Crippen molar-refractivity contribution in [1.29, 1.82) is 0 Å². The van der Waals surface area contributed by atoms with Crippen molar-refractivity contribution in [3.8, 4) is 16.2 Å². The van der Waals surface area contributed by atoms with Gasteiger partial charge in [0.05, 0.1) is 5.75 Å². The van der Waals surface area contributed by atoms with Gasteiger partial charge in [-0.25, -0.2) is 8.42 Å². The van der Waals surface area contributed by atoms with Crippen LogP contribution in [0.2, 0.25) is 0 Å². The number of sulfone groups is 1. The quantitative estimate of drug-likeness (QED) is 0.720. The van der Waals surface area contributed by atoms with E-state index in [2.05, 4.69) is 6.07 Å². The van der Waals surface area contributed by atoms with Crippen LogP contribution < -0.4 is 0 Å². The Balaban J connectivity index is 1.71. The third-order valence-electron chi connectivity index (χ3n) is 4.43. The van der Waals surface area contributed by atoms with E-state index in [9.17, 15) is 13.5 Å². The number of aromatic hydroxyl groups is 1. The number of hydrogen-bond acceptors (Lipinski definition) is 4. The van der Waals surface area contributed by atoms with E-state index in [1.54, 1.807) is 23.5 Å². The molecule has 1 saturated heterocycles. The molecule has 1 radical (unpaired) electrons. The molecule has 3 nitrogen and oxygen atoms in total. The Morgan fingerprint density at radius 2 is 1.62 bits per heavy atom. The lowest BCUT2D eigenvalue weighted by Crippen LogP contribution is -2.21. The molecule has 3 aromatic rings. The van der Waals surface area contributed by atoms with Gasteiger partial charge in [-0.15, -0.1) is 11.3 Å². The molecule has 123 valence electrons. The monoisotopic (exact) mass is 357 g/mol. The van der Waals surface area contributed by atoms with Gasteiger partial charge in [0.15, 0.2) is 9.84 Å². The zero-order chi connectivity index (χ0) is 16.7. The molecule has 0 aliphatic carbocycles. The molecule has 1 fully saturated rings. The van der Waals surface area contributed by atoms with Crippen LogP contribution in [0.4, 0.5) is 0 Å². The van der Waals surface area contributed by atoms with Gasteiger partial charge >= 0.3 is 0 Å². The lowest BCUT2D eigenvalue weighted by atomic mass is 10.1. The SMILES string of the molecule is O=S1(=O)CCCC[C]1c1ccc(-c2ccc3cc(O)ccc3c2)s1. The summed E-state index contributed by atoms with van der Waals surface area (Å²) in [5.41, 5.74) is 1.07. The number of benzene rings is 2. The first-order valence-corrected chi connectivity index (χ1v) is 10.4. The zero-order valence-electron chi connectivity index (χ0n) is 13.0.